The zero-order valence-electron chi connectivity index (χ0n) is 22.2. The van der Waals surface area contributed by atoms with Crippen molar-refractivity contribution in [3.05, 3.63) is 171 Å². The molecule has 6 aromatic heterocycles. The topological polar surface area (TPSA) is 197 Å². The van der Waals surface area contributed by atoms with Gasteiger partial charge in [0.25, 0.3) is 0 Å². The molecule has 6 rings (SSSR count). The molecule has 43 heavy (non-hydrogen) atoms. The number of hydrogen-bond donors (Lipinski definition) is 6. The van der Waals surface area contributed by atoms with Gasteiger partial charge in [0, 0.05) is 130 Å². The van der Waals surface area contributed by atoms with Crippen molar-refractivity contribution < 1.29 is 19.8 Å². The van der Waals surface area contributed by atoms with Gasteiger partial charge in [-0.1, -0.05) is 0 Å². The predicted molar refractivity (Wildman–Crippen MR) is 159 cm³/mol. The fourth-order valence-corrected chi connectivity index (χ4v) is 3.61. The van der Waals surface area contributed by atoms with Crippen molar-refractivity contribution in [2.24, 2.45) is 0 Å². The summed E-state index contributed by atoms with van der Waals surface area (Å²) >= 11 is 0. The van der Waals surface area contributed by atoms with Crippen molar-refractivity contribution in [3.63, 3.8) is 0 Å². The van der Waals surface area contributed by atoms with Gasteiger partial charge in [0.05, 0.1) is 34.2 Å². The molecule has 0 radical (unpaired) electrons. The van der Waals surface area contributed by atoms with E-state index in [1.54, 1.807) is 37.2 Å². The van der Waals surface area contributed by atoms with E-state index in [0.29, 0.717) is 34.2 Å². The minimum atomic E-state index is -0.0940. The van der Waals surface area contributed by atoms with Crippen molar-refractivity contribution in [3.8, 4) is 34.2 Å². The maximum atomic E-state index is 11.0. The molecule has 0 aliphatic heterocycles. The number of H-pyrrole nitrogens is 6. The summed E-state index contributed by atoms with van der Waals surface area (Å²) in [5.41, 5.74) is 3.08. The normalized spacial score (nSPS) is 9.77. The molecule has 0 aromatic carbocycles. The van der Waals surface area contributed by atoms with E-state index in [0.717, 1.165) is 0 Å². The van der Waals surface area contributed by atoms with Gasteiger partial charge in [-0.2, -0.15) is 0 Å². The summed E-state index contributed by atoms with van der Waals surface area (Å²) in [6.07, 6.45) is 9.27. The van der Waals surface area contributed by atoms with Gasteiger partial charge < -0.3 is 29.9 Å². The van der Waals surface area contributed by atoms with Gasteiger partial charge in [0.15, 0.2) is 32.6 Å². The molecular weight excluding hydrogens is 731 g/mol. The van der Waals surface area contributed by atoms with Gasteiger partial charge in [-0.3, -0.25) is 28.8 Å². The summed E-state index contributed by atoms with van der Waals surface area (Å²) in [4.78, 5) is 83.5. The van der Waals surface area contributed by atoms with Gasteiger partial charge in [0.2, 0.25) is 0 Å². The molecule has 0 unspecified atom stereocenters. The smallest absolute Gasteiger partial charge is 0.182 e. The molecule has 218 valence electrons. The first-order chi connectivity index (χ1) is 20.3. The maximum Gasteiger partial charge on any atom is 0.182 e. The van der Waals surface area contributed by atoms with Gasteiger partial charge in [0.1, 0.15) is 0 Å². The fraction of sp³-hybridized carbons (Fsp3) is 0. The standard InChI is InChI=1S/3C10H8N2O2.Os/c3*13-7-1-3-11-9(5-7)10-6-8(14)2-4-12-10;/h3*1-6H,(H,11,13)(H,12,14);. The van der Waals surface area contributed by atoms with Crippen LogP contribution in [0.2, 0.25) is 0 Å². The molecule has 0 aliphatic rings. The Balaban J connectivity index is 0.000000175. The third-order valence-electron chi connectivity index (χ3n) is 5.51. The van der Waals surface area contributed by atoms with E-state index in [2.05, 4.69) is 29.9 Å². The first-order valence-corrected chi connectivity index (χ1v) is 12.4. The van der Waals surface area contributed by atoms with Gasteiger partial charge in [-0.15, -0.1) is 0 Å². The molecule has 6 aromatic rings. The summed E-state index contributed by atoms with van der Waals surface area (Å²) in [7, 11) is 0. The maximum absolute atomic E-state index is 11.0. The SMILES string of the molecule is O=c1cc[nH]c(-c2cc(=O)cc[nH]2)c1.O=c1cc[nH]c(-c2cc(=O)cc[nH]2)c1.O=c1cc[nH]c(-c2cc(=O)cc[nH]2)c1.[Os]. The molecule has 0 atom stereocenters. The Morgan fingerprint density at radius 2 is 0.419 bits per heavy atom. The first kappa shape index (κ1) is 31.9. The van der Waals surface area contributed by atoms with E-state index in [1.807, 2.05) is 0 Å². The van der Waals surface area contributed by atoms with Crippen LogP contribution in [0.1, 0.15) is 0 Å². The number of pyridine rings is 6. The van der Waals surface area contributed by atoms with Gasteiger partial charge in [-0.25, -0.2) is 0 Å². The van der Waals surface area contributed by atoms with Crippen LogP contribution in [0.3, 0.4) is 0 Å². The predicted octanol–water partition coefficient (Wildman–Crippen LogP) is 2.19. The molecule has 0 saturated carbocycles. The Hall–Kier alpha value is -5.66. The molecule has 0 aliphatic carbocycles. The summed E-state index contributed by atoms with van der Waals surface area (Å²) < 4.78 is 0. The van der Waals surface area contributed by atoms with Crippen LogP contribution in [-0.2, 0) is 19.8 Å². The number of hydrogen-bond acceptors (Lipinski definition) is 6. The van der Waals surface area contributed by atoms with Gasteiger partial charge >= 0.3 is 0 Å². The van der Waals surface area contributed by atoms with Crippen molar-refractivity contribution in [1.29, 1.82) is 0 Å². The third-order valence-corrected chi connectivity index (χ3v) is 5.51. The average molecular weight is 755 g/mol. The van der Waals surface area contributed by atoms with Crippen LogP contribution in [0.4, 0.5) is 0 Å². The second-order valence-electron chi connectivity index (χ2n) is 8.63. The summed E-state index contributed by atoms with van der Waals surface area (Å²) in [5, 5.41) is 0. The van der Waals surface area contributed by atoms with E-state index in [-0.39, 0.29) is 52.4 Å². The molecule has 0 amide bonds. The van der Waals surface area contributed by atoms with Crippen molar-refractivity contribution in [2.45, 2.75) is 0 Å². The van der Waals surface area contributed by atoms with E-state index in [4.69, 9.17) is 0 Å². The number of rotatable bonds is 3. The third kappa shape index (κ3) is 9.74. The van der Waals surface area contributed by atoms with Crippen molar-refractivity contribution >= 4 is 0 Å². The number of aromatic nitrogens is 6. The summed E-state index contributed by atoms with van der Waals surface area (Å²) in [5.74, 6) is 0. The molecule has 0 spiro atoms. The largest absolute Gasteiger partial charge is 0.360 e. The van der Waals surface area contributed by atoms with Crippen LogP contribution in [0.25, 0.3) is 34.2 Å². The van der Waals surface area contributed by atoms with Crippen LogP contribution in [0.15, 0.2) is 139 Å². The van der Waals surface area contributed by atoms with Crippen LogP contribution in [0.5, 0.6) is 0 Å². The minimum absolute atomic E-state index is 0. The van der Waals surface area contributed by atoms with Crippen LogP contribution >= 0.6 is 0 Å². The average Bonchev–Trinajstić information content (AvgIpc) is 2.98. The van der Waals surface area contributed by atoms with Crippen LogP contribution in [-0.4, -0.2) is 29.9 Å². The molecule has 6 heterocycles. The summed E-state index contributed by atoms with van der Waals surface area (Å²) in [6.45, 7) is 0. The van der Waals surface area contributed by atoms with E-state index in [1.165, 1.54) is 72.8 Å². The van der Waals surface area contributed by atoms with Crippen molar-refractivity contribution in [1.82, 2.24) is 29.9 Å². The molecule has 13 heteroatoms. The first-order valence-electron chi connectivity index (χ1n) is 12.4. The minimum Gasteiger partial charge on any atom is -0.360 e. The molecule has 12 nitrogen and oxygen atoms in total. The Labute approximate surface area is 254 Å². The number of aromatic amines is 6. The zero-order valence-corrected chi connectivity index (χ0v) is 24.7. The van der Waals surface area contributed by atoms with E-state index >= 15 is 0 Å². The van der Waals surface area contributed by atoms with Gasteiger partial charge in [-0.05, 0) is 0 Å². The Kier molecular flexibility index (Phi) is 11.4. The Morgan fingerprint density at radius 1 is 0.279 bits per heavy atom. The van der Waals surface area contributed by atoms with E-state index < -0.39 is 0 Å². The molecular formula is C30H24N6O6Os. The second-order valence-corrected chi connectivity index (χ2v) is 8.63. The molecule has 0 fully saturated rings. The van der Waals surface area contributed by atoms with Crippen LogP contribution < -0.4 is 32.6 Å². The monoisotopic (exact) mass is 756 g/mol. The number of nitrogens with one attached hydrogen (secondary N) is 6. The second kappa shape index (κ2) is 15.4. The quantitative estimate of drug-likeness (QED) is 0.160. The summed E-state index contributed by atoms with van der Waals surface area (Å²) in [6, 6.07) is 17.1. The fourth-order valence-electron chi connectivity index (χ4n) is 3.61. The molecule has 0 bridgehead atoms. The Bertz CT molecular complexity index is 1760. The van der Waals surface area contributed by atoms with Crippen LogP contribution in [0, 0.1) is 0 Å². The van der Waals surface area contributed by atoms with E-state index in [9.17, 15) is 28.8 Å². The Morgan fingerprint density at radius 3 is 0.535 bits per heavy atom. The zero-order chi connectivity index (χ0) is 29.9. The molecule has 6 N–H and O–H groups in total. The van der Waals surface area contributed by atoms with Crippen molar-refractivity contribution in [2.75, 3.05) is 0 Å². The molecule has 0 saturated heterocycles.